The van der Waals surface area contributed by atoms with Crippen LogP contribution >= 0.6 is 11.9 Å². The summed E-state index contributed by atoms with van der Waals surface area (Å²) in [5.41, 5.74) is 3.04. The Hall–Kier alpha value is -2.64. The Balaban J connectivity index is 1.74. The van der Waals surface area contributed by atoms with Crippen molar-refractivity contribution in [3.8, 4) is 0 Å². The molecule has 0 unspecified atom stereocenters. The van der Waals surface area contributed by atoms with Crippen molar-refractivity contribution in [1.29, 1.82) is 0 Å². The molecule has 0 aliphatic rings. The molecule has 0 atom stereocenters. The summed E-state index contributed by atoms with van der Waals surface area (Å²) in [6.45, 7) is 2.04. The van der Waals surface area contributed by atoms with E-state index in [1.807, 2.05) is 62.5 Å². The molecule has 3 aromatic rings. The standard InChI is InChI=1S/C17H18N6S/c1-12-5-3-6-13(9-12)21-16-19-11-20-17(23-16)22-14-7-4-8-15(10-14)24-18-2/h3-11,18H,1-2H3,(H2,19,20,21,22,23). The normalized spacial score (nSPS) is 10.4. The first-order valence-electron chi connectivity index (χ1n) is 7.46. The van der Waals surface area contributed by atoms with Crippen molar-refractivity contribution >= 4 is 35.2 Å². The van der Waals surface area contributed by atoms with Gasteiger partial charge in [0.25, 0.3) is 0 Å². The maximum Gasteiger partial charge on any atom is 0.232 e. The third kappa shape index (κ3) is 4.43. The number of hydrogen-bond donors (Lipinski definition) is 3. The smallest absolute Gasteiger partial charge is 0.232 e. The second-order valence-corrected chi connectivity index (χ2v) is 6.17. The number of rotatable bonds is 6. The molecule has 0 fully saturated rings. The summed E-state index contributed by atoms with van der Waals surface area (Å²) in [6, 6.07) is 16.1. The molecule has 7 heteroatoms. The van der Waals surface area contributed by atoms with Crippen molar-refractivity contribution in [3.63, 3.8) is 0 Å². The molecule has 0 saturated heterocycles. The van der Waals surface area contributed by atoms with Gasteiger partial charge in [-0.15, -0.1) is 0 Å². The van der Waals surface area contributed by atoms with Crippen LogP contribution in [0.2, 0.25) is 0 Å². The van der Waals surface area contributed by atoms with E-state index >= 15 is 0 Å². The lowest BCUT2D eigenvalue weighted by molar-refractivity contribution is 1.06. The number of hydrogen-bond acceptors (Lipinski definition) is 7. The molecule has 0 aliphatic heterocycles. The third-order valence-corrected chi connectivity index (χ3v) is 3.85. The maximum absolute atomic E-state index is 4.40. The fourth-order valence-electron chi connectivity index (χ4n) is 2.15. The van der Waals surface area contributed by atoms with Crippen LogP contribution in [0.3, 0.4) is 0 Å². The highest BCUT2D eigenvalue weighted by atomic mass is 32.2. The van der Waals surface area contributed by atoms with Gasteiger partial charge in [-0.2, -0.15) is 4.98 Å². The summed E-state index contributed by atoms with van der Waals surface area (Å²) in [7, 11) is 1.89. The molecule has 24 heavy (non-hydrogen) atoms. The van der Waals surface area contributed by atoms with Gasteiger partial charge in [0.15, 0.2) is 0 Å². The molecule has 0 aliphatic carbocycles. The Morgan fingerprint density at radius 2 is 1.54 bits per heavy atom. The number of aromatic nitrogens is 3. The van der Waals surface area contributed by atoms with Crippen molar-refractivity contribution in [2.24, 2.45) is 0 Å². The summed E-state index contributed by atoms with van der Waals surface area (Å²) >= 11 is 1.55. The molecule has 1 aromatic heterocycles. The van der Waals surface area contributed by atoms with Crippen molar-refractivity contribution < 1.29 is 0 Å². The Morgan fingerprint density at radius 3 is 2.21 bits per heavy atom. The minimum atomic E-state index is 0.492. The van der Waals surface area contributed by atoms with E-state index < -0.39 is 0 Å². The fourth-order valence-corrected chi connectivity index (χ4v) is 2.72. The lowest BCUT2D eigenvalue weighted by Crippen LogP contribution is -2.03. The number of benzene rings is 2. The van der Waals surface area contributed by atoms with Crippen LogP contribution in [0.15, 0.2) is 59.8 Å². The summed E-state index contributed by atoms with van der Waals surface area (Å²) in [6.07, 6.45) is 1.49. The van der Waals surface area contributed by atoms with Crippen LogP contribution < -0.4 is 15.4 Å². The Morgan fingerprint density at radius 1 is 0.875 bits per heavy atom. The zero-order chi connectivity index (χ0) is 16.8. The highest BCUT2D eigenvalue weighted by Gasteiger charge is 2.03. The zero-order valence-electron chi connectivity index (χ0n) is 13.4. The van der Waals surface area contributed by atoms with Crippen molar-refractivity contribution in [1.82, 2.24) is 19.7 Å². The SMILES string of the molecule is CNSc1cccc(Nc2ncnc(Nc3cccc(C)c3)n2)c1. The highest BCUT2D eigenvalue weighted by molar-refractivity contribution is 7.97. The molecule has 3 N–H and O–H groups in total. The van der Waals surface area contributed by atoms with Gasteiger partial charge in [0.2, 0.25) is 11.9 Å². The minimum absolute atomic E-state index is 0.492. The average molecular weight is 338 g/mol. The summed E-state index contributed by atoms with van der Waals surface area (Å²) in [4.78, 5) is 13.8. The third-order valence-electron chi connectivity index (χ3n) is 3.16. The van der Waals surface area contributed by atoms with Crippen LogP contribution in [-0.2, 0) is 0 Å². The lowest BCUT2D eigenvalue weighted by atomic mass is 10.2. The molecule has 2 aromatic carbocycles. The molecule has 3 rings (SSSR count). The van der Waals surface area contributed by atoms with E-state index in [0.29, 0.717) is 11.9 Å². The topological polar surface area (TPSA) is 74.8 Å². The van der Waals surface area contributed by atoms with Gasteiger partial charge in [-0.25, -0.2) is 9.97 Å². The number of aryl methyl sites for hydroxylation is 1. The van der Waals surface area contributed by atoms with E-state index in [4.69, 9.17) is 0 Å². The predicted molar refractivity (Wildman–Crippen MR) is 98.9 cm³/mol. The first kappa shape index (κ1) is 16.2. The van der Waals surface area contributed by atoms with E-state index in [2.05, 4.69) is 30.3 Å². The molecule has 122 valence electrons. The Kier molecular flexibility index (Phi) is 5.25. The van der Waals surface area contributed by atoms with Crippen LogP contribution in [0, 0.1) is 6.92 Å². The average Bonchev–Trinajstić information content (AvgIpc) is 2.56. The van der Waals surface area contributed by atoms with E-state index in [1.165, 1.54) is 11.9 Å². The largest absolute Gasteiger partial charge is 0.324 e. The van der Waals surface area contributed by atoms with Gasteiger partial charge < -0.3 is 10.6 Å². The molecule has 0 spiro atoms. The Bertz CT molecular complexity index is 823. The number of nitrogens with zero attached hydrogens (tertiary/aromatic N) is 3. The highest BCUT2D eigenvalue weighted by Crippen LogP contribution is 2.21. The quantitative estimate of drug-likeness (QED) is 0.589. The van der Waals surface area contributed by atoms with Crippen molar-refractivity contribution in [2.75, 3.05) is 17.7 Å². The molecule has 0 amide bonds. The number of anilines is 4. The molecular weight excluding hydrogens is 320 g/mol. The van der Waals surface area contributed by atoms with Gasteiger partial charge in [0, 0.05) is 16.3 Å². The van der Waals surface area contributed by atoms with Gasteiger partial charge in [0.1, 0.15) is 6.33 Å². The molecule has 0 saturated carbocycles. The van der Waals surface area contributed by atoms with Crippen LogP contribution in [-0.4, -0.2) is 22.0 Å². The van der Waals surface area contributed by atoms with Crippen LogP contribution in [0.1, 0.15) is 5.56 Å². The minimum Gasteiger partial charge on any atom is -0.324 e. The first-order valence-corrected chi connectivity index (χ1v) is 8.28. The molecule has 0 radical (unpaired) electrons. The fraction of sp³-hybridized carbons (Fsp3) is 0.118. The Labute approximate surface area is 145 Å². The van der Waals surface area contributed by atoms with Crippen molar-refractivity contribution in [2.45, 2.75) is 11.8 Å². The monoisotopic (exact) mass is 338 g/mol. The van der Waals surface area contributed by atoms with E-state index in [-0.39, 0.29) is 0 Å². The molecule has 0 bridgehead atoms. The van der Waals surface area contributed by atoms with Gasteiger partial charge in [-0.1, -0.05) is 18.2 Å². The lowest BCUT2D eigenvalue weighted by Gasteiger charge is -2.09. The van der Waals surface area contributed by atoms with Crippen LogP contribution in [0.4, 0.5) is 23.3 Å². The summed E-state index contributed by atoms with van der Waals surface area (Å²) in [5, 5.41) is 6.38. The van der Waals surface area contributed by atoms with Gasteiger partial charge >= 0.3 is 0 Å². The number of nitrogens with one attached hydrogen (secondary N) is 3. The van der Waals surface area contributed by atoms with Gasteiger partial charge in [0.05, 0.1) is 0 Å². The van der Waals surface area contributed by atoms with E-state index in [1.54, 1.807) is 11.9 Å². The van der Waals surface area contributed by atoms with Gasteiger partial charge in [-0.05, 0) is 61.8 Å². The molecular formula is C17H18N6S. The van der Waals surface area contributed by atoms with E-state index in [0.717, 1.165) is 16.3 Å². The maximum atomic E-state index is 4.40. The molecule has 1 heterocycles. The van der Waals surface area contributed by atoms with Crippen LogP contribution in [0.5, 0.6) is 0 Å². The predicted octanol–water partition coefficient (Wildman–Crippen LogP) is 3.89. The van der Waals surface area contributed by atoms with Crippen molar-refractivity contribution in [3.05, 3.63) is 60.4 Å². The zero-order valence-corrected chi connectivity index (χ0v) is 14.3. The summed E-state index contributed by atoms with van der Waals surface area (Å²) < 4.78 is 3.05. The summed E-state index contributed by atoms with van der Waals surface area (Å²) in [5.74, 6) is 0.991. The second kappa shape index (κ2) is 7.76. The first-order chi connectivity index (χ1) is 11.7. The van der Waals surface area contributed by atoms with Crippen LogP contribution in [0.25, 0.3) is 0 Å². The second-order valence-electron chi connectivity index (χ2n) is 5.09. The molecule has 6 nitrogen and oxygen atoms in total. The van der Waals surface area contributed by atoms with Gasteiger partial charge in [-0.3, -0.25) is 4.72 Å². The van der Waals surface area contributed by atoms with E-state index in [9.17, 15) is 0 Å².